The molecule has 4 rings (SSSR count). The van der Waals surface area contributed by atoms with Crippen LogP contribution < -0.4 is 16.2 Å². The molecule has 0 aliphatic rings. The lowest BCUT2D eigenvalue weighted by Gasteiger charge is -2.18. The minimum atomic E-state index is -0.726. The van der Waals surface area contributed by atoms with E-state index in [1.54, 1.807) is 19.1 Å². The highest BCUT2D eigenvalue weighted by molar-refractivity contribution is 7.20. The smallest absolute Gasteiger partial charge is 0.266 e. The second-order valence-electron chi connectivity index (χ2n) is 7.80. The van der Waals surface area contributed by atoms with Crippen LogP contribution in [0, 0.1) is 13.8 Å². The zero-order valence-electron chi connectivity index (χ0n) is 18.6. The van der Waals surface area contributed by atoms with Gasteiger partial charge in [-0.1, -0.05) is 37.3 Å². The number of nitrogens with one attached hydrogen (secondary N) is 2. The highest BCUT2D eigenvalue weighted by atomic mass is 32.1. The Labute approximate surface area is 195 Å². The van der Waals surface area contributed by atoms with Crippen molar-refractivity contribution in [3.05, 3.63) is 87.3 Å². The minimum absolute atomic E-state index is 0.290. The van der Waals surface area contributed by atoms with E-state index in [9.17, 15) is 14.4 Å². The number of para-hydroxylation sites is 1. The van der Waals surface area contributed by atoms with Gasteiger partial charge in [-0.3, -0.25) is 19.0 Å². The molecule has 2 heterocycles. The average molecular weight is 461 g/mol. The van der Waals surface area contributed by atoms with E-state index in [2.05, 4.69) is 15.6 Å². The molecule has 2 aromatic heterocycles. The number of hydrogen-bond acceptors (Lipinski definition) is 5. The van der Waals surface area contributed by atoms with Gasteiger partial charge in [-0.15, -0.1) is 11.3 Å². The fourth-order valence-corrected chi connectivity index (χ4v) is 4.78. The normalized spacial score (nSPS) is 11.8. The SMILES string of the molecule is CCC(C(=O)Nc1cccc(C)c1)n1cnc2sc(C(=O)Nc3ccccc3)c(C)c2c1=O. The molecular weight excluding hydrogens is 436 g/mol. The van der Waals surface area contributed by atoms with Crippen molar-refractivity contribution >= 4 is 44.7 Å². The monoisotopic (exact) mass is 460 g/mol. The van der Waals surface area contributed by atoms with Gasteiger partial charge in [-0.25, -0.2) is 4.98 Å². The maximum atomic E-state index is 13.4. The first kappa shape index (κ1) is 22.4. The molecule has 0 spiro atoms. The van der Waals surface area contributed by atoms with Crippen LogP contribution in [0.1, 0.15) is 40.2 Å². The number of anilines is 2. The van der Waals surface area contributed by atoms with Crippen LogP contribution >= 0.6 is 11.3 Å². The number of aryl methyl sites for hydroxylation is 2. The molecule has 0 bridgehead atoms. The van der Waals surface area contributed by atoms with Crippen molar-refractivity contribution < 1.29 is 9.59 Å². The molecule has 2 N–H and O–H groups in total. The van der Waals surface area contributed by atoms with E-state index in [1.807, 2.05) is 56.3 Å². The molecule has 1 unspecified atom stereocenters. The molecule has 0 saturated heterocycles. The van der Waals surface area contributed by atoms with Crippen molar-refractivity contribution in [2.75, 3.05) is 10.6 Å². The molecule has 7 nitrogen and oxygen atoms in total. The third-order valence-electron chi connectivity index (χ3n) is 5.42. The number of carbonyl (C=O) groups is 2. The first-order valence-electron chi connectivity index (χ1n) is 10.6. The molecule has 0 saturated carbocycles. The zero-order chi connectivity index (χ0) is 23.5. The van der Waals surface area contributed by atoms with E-state index in [0.717, 1.165) is 5.56 Å². The third kappa shape index (κ3) is 4.56. The van der Waals surface area contributed by atoms with Crippen LogP contribution in [-0.4, -0.2) is 21.4 Å². The van der Waals surface area contributed by atoms with Crippen LogP contribution in [0.2, 0.25) is 0 Å². The molecule has 0 radical (unpaired) electrons. The molecule has 0 aliphatic carbocycles. The van der Waals surface area contributed by atoms with E-state index in [0.29, 0.717) is 38.5 Å². The van der Waals surface area contributed by atoms with Gasteiger partial charge in [0.2, 0.25) is 5.91 Å². The van der Waals surface area contributed by atoms with Crippen LogP contribution in [0.3, 0.4) is 0 Å². The first-order valence-corrected chi connectivity index (χ1v) is 11.4. The molecule has 0 aliphatic heterocycles. The predicted molar refractivity (Wildman–Crippen MR) is 132 cm³/mol. The molecule has 2 amide bonds. The van der Waals surface area contributed by atoms with Crippen molar-refractivity contribution in [2.45, 2.75) is 33.2 Å². The maximum Gasteiger partial charge on any atom is 0.266 e. The van der Waals surface area contributed by atoms with Gasteiger partial charge in [0, 0.05) is 11.4 Å². The number of nitrogens with zero attached hydrogens (tertiary/aromatic N) is 2. The van der Waals surface area contributed by atoms with Gasteiger partial charge in [0.05, 0.1) is 16.6 Å². The van der Waals surface area contributed by atoms with E-state index in [1.165, 1.54) is 22.2 Å². The number of hydrogen-bond donors (Lipinski definition) is 2. The Hall–Kier alpha value is -3.78. The molecule has 4 aromatic rings. The summed E-state index contributed by atoms with van der Waals surface area (Å²) in [5.74, 6) is -0.585. The Morgan fingerprint density at radius 3 is 2.45 bits per heavy atom. The van der Waals surface area contributed by atoms with Crippen LogP contribution in [0.4, 0.5) is 11.4 Å². The number of aromatic nitrogens is 2. The number of benzene rings is 2. The summed E-state index contributed by atoms with van der Waals surface area (Å²) in [6.45, 7) is 5.52. The van der Waals surface area contributed by atoms with Crippen LogP contribution in [-0.2, 0) is 4.79 Å². The second kappa shape index (κ2) is 9.38. The van der Waals surface area contributed by atoms with Gasteiger partial charge in [0.1, 0.15) is 10.9 Å². The summed E-state index contributed by atoms with van der Waals surface area (Å²) in [5, 5.41) is 6.10. The standard InChI is InChI=1S/C25H24N4O3S/c1-4-19(22(30)28-18-12-8-9-15(2)13-18)29-14-26-24-20(25(29)32)16(3)21(33-24)23(31)27-17-10-6-5-7-11-17/h5-14,19H,4H2,1-3H3,(H,27,31)(H,28,30). The minimum Gasteiger partial charge on any atom is -0.324 e. The molecule has 168 valence electrons. The van der Waals surface area contributed by atoms with Crippen molar-refractivity contribution in [1.29, 1.82) is 0 Å². The third-order valence-corrected chi connectivity index (χ3v) is 6.62. The zero-order valence-corrected chi connectivity index (χ0v) is 19.4. The summed E-state index contributed by atoms with van der Waals surface area (Å²) in [4.78, 5) is 44.5. The predicted octanol–water partition coefficient (Wildman–Crippen LogP) is 4.92. The van der Waals surface area contributed by atoms with E-state index in [-0.39, 0.29) is 17.4 Å². The number of fused-ring (bicyclic) bond motifs is 1. The van der Waals surface area contributed by atoms with Gasteiger partial charge in [0.15, 0.2) is 0 Å². The molecule has 0 fully saturated rings. The molecule has 2 aromatic carbocycles. The number of amides is 2. The van der Waals surface area contributed by atoms with E-state index >= 15 is 0 Å². The Bertz CT molecular complexity index is 1390. The van der Waals surface area contributed by atoms with Gasteiger partial charge in [-0.05, 0) is 55.7 Å². The highest BCUT2D eigenvalue weighted by Crippen LogP contribution is 2.28. The summed E-state index contributed by atoms with van der Waals surface area (Å²) in [7, 11) is 0. The fourth-order valence-electron chi connectivity index (χ4n) is 3.74. The van der Waals surface area contributed by atoms with E-state index in [4.69, 9.17) is 0 Å². The quantitative estimate of drug-likeness (QED) is 0.427. The molecule has 33 heavy (non-hydrogen) atoms. The van der Waals surface area contributed by atoms with Crippen molar-refractivity contribution in [2.24, 2.45) is 0 Å². The number of thiophene rings is 1. The lowest BCUT2D eigenvalue weighted by atomic mass is 10.1. The van der Waals surface area contributed by atoms with Crippen molar-refractivity contribution in [3.8, 4) is 0 Å². The lowest BCUT2D eigenvalue weighted by molar-refractivity contribution is -0.119. The fraction of sp³-hybridized carbons (Fsp3) is 0.200. The second-order valence-corrected chi connectivity index (χ2v) is 8.80. The van der Waals surface area contributed by atoms with Crippen LogP contribution in [0.15, 0.2) is 65.7 Å². The summed E-state index contributed by atoms with van der Waals surface area (Å²) in [5.41, 5.74) is 2.59. The summed E-state index contributed by atoms with van der Waals surface area (Å²) in [6, 6.07) is 15.9. The number of rotatable bonds is 6. The maximum absolute atomic E-state index is 13.4. The lowest BCUT2D eigenvalue weighted by Crippen LogP contribution is -2.33. The Morgan fingerprint density at radius 2 is 1.76 bits per heavy atom. The number of carbonyl (C=O) groups excluding carboxylic acids is 2. The first-order chi connectivity index (χ1) is 15.9. The van der Waals surface area contributed by atoms with E-state index < -0.39 is 6.04 Å². The summed E-state index contributed by atoms with van der Waals surface area (Å²) in [6.07, 6.45) is 1.80. The van der Waals surface area contributed by atoms with Crippen LogP contribution in [0.25, 0.3) is 10.2 Å². The van der Waals surface area contributed by atoms with Gasteiger partial charge in [-0.2, -0.15) is 0 Å². The summed E-state index contributed by atoms with van der Waals surface area (Å²) < 4.78 is 1.35. The van der Waals surface area contributed by atoms with Crippen LogP contribution in [0.5, 0.6) is 0 Å². The van der Waals surface area contributed by atoms with Gasteiger partial charge < -0.3 is 10.6 Å². The van der Waals surface area contributed by atoms with Crippen molar-refractivity contribution in [3.63, 3.8) is 0 Å². The van der Waals surface area contributed by atoms with Crippen molar-refractivity contribution in [1.82, 2.24) is 9.55 Å². The summed E-state index contributed by atoms with van der Waals surface area (Å²) >= 11 is 1.17. The molecular formula is C25H24N4O3S. The highest BCUT2D eigenvalue weighted by Gasteiger charge is 2.24. The Balaban J connectivity index is 1.66. The Morgan fingerprint density at radius 1 is 1.03 bits per heavy atom. The molecule has 8 heteroatoms. The topological polar surface area (TPSA) is 93.1 Å². The Kier molecular flexibility index (Phi) is 6.37. The molecule has 1 atom stereocenters. The largest absolute Gasteiger partial charge is 0.324 e. The average Bonchev–Trinajstić information content (AvgIpc) is 3.14. The van der Waals surface area contributed by atoms with Gasteiger partial charge >= 0.3 is 0 Å². The van der Waals surface area contributed by atoms with Gasteiger partial charge in [0.25, 0.3) is 11.5 Å².